The number of benzene rings is 2. The molecule has 0 radical (unpaired) electrons. The first-order valence-corrected chi connectivity index (χ1v) is 8.26. The number of hydrogen-bond donors (Lipinski definition) is 3. The quantitative estimate of drug-likeness (QED) is 0.767. The molecular weight excluding hydrogens is 286 g/mol. The third-order valence-corrected chi connectivity index (χ3v) is 4.55. The van der Waals surface area contributed by atoms with Crippen molar-refractivity contribution in [1.82, 2.24) is 10.9 Å². The third kappa shape index (κ3) is 3.72. The van der Waals surface area contributed by atoms with Crippen molar-refractivity contribution >= 4 is 0 Å². The molecule has 23 heavy (non-hydrogen) atoms. The largest absolute Gasteiger partial charge is 0.493 e. The molecular formula is C19H25N3O. The number of nitrogens with one attached hydrogen (secondary N) is 2. The van der Waals surface area contributed by atoms with E-state index in [0.29, 0.717) is 25.1 Å². The van der Waals surface area contributed by atoms with Gasteiger partial charge >= 0.3 is 0 Å². The van der Waals surface area contributed by atoms with E-state index in [1.807, 2.05) is 18.2 Å². The van der Waals surface area contributed by atoms with Crippen molar-refractivity contribution in [3.63, 3.8) is 0 Å². The van der Waals surface area contributed by atoms with Crippen LogP contribution in [0.15, 0.2) is 54.6 Å². The van der Waals surface area contributed by atoms with Crippen molar-refractivity contribution in [2.75, 3.05) is 13.2 Å². The summed E-state index contributed by atoms with van der Waals surface area (Å²) in [6.07, 6.45) is 0.905. The van der Waals surface area contributed by atoms with Gasteiger partial charge in [-0.15, -0.1) is 0 Å². The van der Waals surface area contributed by atoms with E-state index in [1.165, 1.54) is 11.1 Å². The Labute approximate surface area is 138 Å². The van der Waals surface area contributed by atoms with Gasteiger partial charge in [-0.1, -0.05) is 48.5 Å². The summed E-state index contributed by atoms with van der Waals surface area (Å²) in [4.78, 5) is 0. The fraction of sp³-hybridized carbons (Fsp3) is 0.368. The molecule has 1 fully saturated rings. The first-order valence-electron chi connectivity index (χ1n) is 8.26. The van der Waals surface area contributed by atoms with Crippen LogP contribution in [0.5, 0.6) is 5.75 Å². The van der Waals surface area contributed by atoms with Gasteiger partial charge in [0.25, 0.3) is 0 Å². The Morgan fingerprint density at radius 3 is 2.52 bits per heavy atom. The molecule has 3 unspecified atom stereocenters. The molecule has 1 heterocycles. The minimum Gasteiger partial charge on any atom is -0.493 e. The van der Waals surface area contributed by atoms with Crippen LogP contribution in [0.4, 0.5) is 0 Å². The molecule has 2 aromatic rings. The van der Waals surface area contributed by atoms with E-state index in [9.17, 15) is 0 Å². The highest BCUT2D eigenvalue weighted by atomic mass is 16.5. The van der Waals surface area contributed by atoms with E-state index in [2.05, 4.69) is 54.2 Å². The van der Waals surface area contributed by atoms with E-state index in [1.54, 1.807) is 0 Å². The van der Waals surface area contributed by atoms with E-state index in [-0.39, 0.29) is 6.04 Å². The Balaban J connectivity index is 1.68. The number of para-hydroxylation sites is 1. The zero-order valence-corrected chi connectivity index (χ0v) is 13.5. The zero-order valence-electron chi connectivity index (χ0n) is 13.5. The van der Waals surface area contributed by atoms with Crippen molar-refractivity contribution in [3.8, 4) is 5.75 Å². The molecule has 4 nitrogen and oxygen atoms in total. The van der Waals surface area contributed by atoms with Crippen LogP contribution in [-0.4, -0.2) is 19.2 Å². The molecule has 0 amide bonds. The summed E-state index contributed by atoms with van der Waals surface area (Å²) < 4.78 is 6.07. The van der Waals surface area contributed by atoms with E-state index >= 15 is 0 Å². The number of nitrogens with two attached hydrogens (primary N) is 1. The van der Waals surface area contributed by atoms with Gasteiger partial charge in [0.15, 0.2) is 0 Å². The van der Waals surface area contributed by atoms with Crippen LogP contribution in [0.25, 0.3) is 0 Å². The van der Waals surface area contributed by atoms with Gasteiger partial charge in [-0.25, -0.2) is 5.43 Å². The van der Waals surface area contributed by atoms with Gasteiger partial charge in [-0.3, -0.25) is 5.43 Å². The second kappa shape index (κ2) is 7.59. The average Bonchev–Trinajstić information content (AvgIpc) is 2.97. The van der Waals surface area contributed by atoms with Crippen molar-refractivity contribution in [3.05, 3.63) is 65.7 Å². The van der Waals surface area contributed by atoms with Gasteiger partial charge in [0.05, 0.1) is 12.6 Å². The highest BCUT2D eigenvalue weighted by molar-refractivity contribution is 5.37. The minimum absolute atomic E-state index is 0.183. The van der Waals surface area contributed by atoms with Crippen molar-refractivity contribution in [1.29, 1.82) is 0 Å². The van der Waals surface area contributed by atoms with Gasteiger partial charge in [-0.2, -0.15) is 0 Å². The van der Waals surface area contributed by atoms with E-state index < -0.39 is 0 Å². The average molecular weight is 311 g/mol. The van der Waals surface area contributed by atoms with Crippen molar-refractivity contribution in [2.24, 2.45) is 11.7 Å². The summed E-state index contributed by atoms with van der Waals surface area (Å²) in [6.45, 7) is 3.47. The van der Waals surface area contributed by atoms with Crippen LogP contribution < -0.4 is 21.3 Å². The van der Waals surface area contributed by atoms with Gasteiger partial charge in [0.1, 0.15) is 5.75 Å². The molecule has 122 valence electrons. The van der Waals surface area contributed by atoms with Gasteiger partial charge in [-0.05, 0) is 25.1 Å². The summed E-state index contributed by atoms with van der Waals surface area (Å²) in [5, 5.41) is 0. The molecule has 2 aromatic carbocycles. The third-order valence-electron chi connectivity index (χ3n) is 4.55. The fourth-order valence-corrected chi connectivity index (χ4v) is 3.16. The molecule has 0 saturated carbocycles. The van der Waals surface area contributed by atoms with Crippen LogP contribution in [0.1, 0.15) is 24.1 Å². The Kier molecular flexibility index (Phi) is 5.28. The maximum atomic E-state index is 6.07. The summed E-state index contributed by atoms with van der Waals surface area (Å²) >= 11 is 0. The topological polar surface area (TPSA) is 59.3 Å². The summed E-state index contributed by atoms with van der Waals surface area (Å²) in [5.74, 6) is 1.30. The first kappa shape index (κ1) is 16.0. The molecule has 0 aromatic heterocycles. The lowest BCUT2D eigenvalue weighted by Crippen LogP contribution is -2.30. The van der Waals surface area contributed by atoms with Gasteiger partial charge < -0.3 is 10.5 Å². The molecule has 1 aliphatic rings. The summed E-state index contributed by atoms with van der Waals surface area (Å²) in [7, 11) is 0. The maximum Gasteiger partial charge on any atom is 0.124 e. The van der Waals surface area contributed by atoms with Crippen LogP contribution in [0, 0.1) is 5.92 Å². The molecule has 0 spiro atoms. The van der Waals surface area contributed by atoms with Gasteiger partial charge in [0, 0.05) is 23.9 Å². The number of hydrazine groups is 1. The number of ether oxygens (including phenoxy) is 1. The smallest absolute Gasteiger partial charge is 0.124 e. The molecule has 4 heteroatoms. The predicted molar refractivity (Wildman–Crippen MR) is 93.1 cm³/mol. The molecule has 1 aliphatic heterocycles. The van der Waals surface area contributed by atoms with Crippen molar-refractivity contribution in [2.45, 2.75) is 25.4 Å². The van der Waals surface area contributed by atoms with E-state index in [4.69, 9.17) is 10.5 Å². The Hall–Kier alpha value is -1.88. The van der Waals surface area contributed by atoms with Crippen LogP contribution in [-0.2, 0) is 6.42 Å². The Morgan fingerprint density at radius 1 is 1.00 bits per heavy atom. The second-order valence-corrected chi connectivity index (χ2v) is 6.08. The standard InChI is InChI=1S/C19H25N3O/c1-14-17(13-20)19(22-21-14)16-9-5-6-10-18(16)23-12-11-15-7-3-2-4-8-15/h2-10,14,17,19,21-22H,11-13,20H2,1H3. The van der Waals surface area contributed by atoms with Gasteiger partial charge in [0.2, 0.25) is 0 Å². The molecule has 1 saturated heterocycles. The predicted octanol–water partition coefficient (Wildman–Crippen LogP) is 2.42. The summed E-state index contributed by atoms with van der Waals surface area (Å²) in [6, 6.07) is 19.2. The summed E-state index contributed by atoms with van der Waals surface area (Å²) in [5.41, 5.74) is 15.1. The first-order chi connectivity index (χ1) is 11.3. The Bertz CT molecular complexity index is 617. The van der Waals surface area contributed by atoms with E-state index in [0.717, 1.165) is 12.2 Å². The zero-order chi connectivity index (χ0) is 16.1. The highest BCUT2D eigenvalue weighted by Gasteiger charge is 2.34. The Morgan fingerprint density at radius 2 is 1.74 bits per heavy atom. The molecule has 4 N–H and O–H groups in total. The SMILES string of the molecule is CC1NNC(c2ccccc2OCCc2ccccc2)C1CN. The number of hydrogen-bond acceptors (Lipinski definition) is 4. The molecule has 0 bridgehead atoms. The van der Waals surface area contributed by atoms with Crippen LogP contribution >= 0.6 is 0 Å². The number of rotatable bonds is 6. The monoisotopic (exact) mass is 311 g/mol. The molecule has 3 rings (SSSR count). The lowest BCUT2D eigenvalue weighted by molar-refractivity contribution is 0.311. The minimum atomic E-state index is 0.183. The lowest BCUT2D eigenvalue weighted by Gasteiger charge is -2.22. The van der Waals surface area contributed by atoms with Crippen LogP contribution in [0.3, 0.4) is 0 Å². The molecule has 3 atom stereocenters. The second-order valence-electron chi connectivity index (χ2n) is 6.08. The fourth-order valence-electron chi connectivity index (χ4n) is 3.16. The van der Waals surface area contributed by atoms with Crippen LogP contribution in [0.2, 0.25) is 0 Å². The molecule has 0 aliphatic carbocycles. The van der Waals surface area contributed by atoms with Crippen molar-refractivity contribution < 1.29 is 4.74 Å². The lowest BCUT2D eigenvalue weighted by atomic mass is 9.90. The highest BCUT2D eigenvalue weighted by Crippen LogP contribution is 2.33. The normalized spacial score (nSPS) is 23.8. The maximum absolute atomic E-state index is 6.07.